The number of hydrogen-bond donors (Lipinski definition) is 2. The highest BCUT2D eigenvalue weighted by molar-refractivity contribution is 7.89. The van der Waals surface area contributed by atoms with E-state index in [0.717, 1.165) is 33.8 Å². The van der Waals surface area contributed by atoms with E-state index in [4.69, 9.17) is 5.14 Å². The third-order valence-electron chi connectivity index (χ3n) is 5.44. The van der Waals surface area contributed by atoms with E-state index in [1.807, 2.05) is 38.1 Å². The zero-order chi connectivity index (χ0) is 24.5. The number of nitrogens with two attached hydrogens (primary N) is 1. The van der Waals surface area contributed by atoms with Crippen molar-refractivity contribution in [2.45, 2.75) is 38.5 Å². The standard InChI is InChI=1S/C23H24N6O3S2/c1-4-17-7-5-6-8-19(17)29-15(3)21(27-28-29)22(30)26-23-25-14(2)20(33-23)13-16-9-11-18(12-10-16)34(24,31)32/h5-12H,4,13H2,1-3H3,(H2,24,31,32)(H,25,26,30). The van der Waals surface area contributed by atoms with Gasteiger partial charge in [0.05, 0.1) is 22.0 Å². The molecule has 2 aromatic heterocycles. The number of rotatable bonds is 7. The molecule has 0 atom stereocenters. The summed E-state index contributed by atoms with van der Waals surface area (Å²) in [7, 11) is -3.73. The first-order chi connectivity index (χ1) is 16.2. The van der Waals surface area contributed by atoms with E-state index in [1.165, 1.54) is 23.5 Å². The van der Waals surface area contributed by atoms with E-state index in [9.17, 15) is 13.2 Å². The lowest BCUT2D eigenvalue weighted by Gasteiger charge is -2.08. The Labute approximate surface area is 201 Å². The highest BCUT2D eigenvalue weighted by Crippen LogP contribution is 2.26. The largest absolute Gasteiger partial charge is 0.296 e. The molecule has 0 unspecified atom stereocenters. The first-order valence-electron chi connectivity index (χ1n) is 10.6. The number of anilines is 1. The molecule has 0 aliphatic rings. The van der Waals surface area contributed by atoms with Gasteiger partial charge in [-0.05, 0) is 49.6 Å². The van der Waals surface area contributed by atoms with Crippen LogP contribution < -0.4 is 10.5 Å². The molecule has 0 aliphatic heterocycles. The number of nitrogens with one attached hydrogen (secondary N) is 1. The molecule has 3 N–H and O–H groups in total. The predicted octanol–water partition coefficient (Wildman–Crippen LogP) is 3.39. The maximum Gasteiger partial charge on any atom is 0.279 e. The normalized spacial score (nSPS) is 11.5. The molecule has 2 aromatic carbocycles. The van der Waals surface area contributed by atoms with Crippen LogP contribution in [0.2, 0.25) is 0 Å². The third kappa shape index (κ3) is 4.91. The Morgan fingerprint density at radius 3 is 2.50 bits per heavy atom. The Morgan fingerprint density at radius 1 is 1.12 bits per heavy atom. The molecule has 9 nitrogen and oxygen atoms in total. The van der Waals surface area contributed by atoms with Gasteiger partial charge in [0.2, 0.25) is 10.0 Å². The van der Waals surface area contributed by atoms with Crippen LogP contribution in [0.3, 0.4) is 0 Å². The summed E-state index contributed by atoms with van der Waals surface area (Å²) in [4.78, 5) is 18.4. The maximum atomic E-state index is 12.9. The van der Waals surface area contributed by atoms with Gasteiger partial charge >= 0.3 is 0 Å². The van der Waals surface area contributed by atoms with Crippen LogP contribution >= 0.6 is 11.3 Å². The number of hydrogen-bond acceptors (Lipinski definition) is 7. The minimum atomic E-state index is -3.73. The van der Waals surface area contributed by atoms with Gasteiger partial charge in [-0.3, -0.25) is 10.1 Å². The van der Waals surface area contributed by atoms with Crippen LogP contribution in [0, 0.1) is 13.8 Å². The Balaban J connectivity index is 1.51. The van der Waals surface area contributed by atoms with Crippen LogP contribution in [-0.4, -0.2) is 34.3 Å². The molecule has 0 aliphatic carbocycles. The Morgan fingerprint density at radius 2 is 1.82 bits per heavy atom. The number of aromatic nitrogens is 4. The number of benzene rings is 2. The van der Waals surface area contributed by atoms with E-state index >= 15 is 0 Å². The van der Waals surface area contributed by atoms with Gasteiger partial charge in [0, 0.05) is 11.3 Å². The first kappa shape index (κ1) is 23.7. The van der Waals surface area contributed by atoms with Crippen molar-refractivity contribution in [1.29, 1.82) is 0 Å². The van der Waals surface area contributed by atoms with Gasteiger partial charge in [0.1, 0.15) is 0 Å². The second kappa shape index (κ2) is 9.45. The van der Waals surface area contributed by atoms with Crippen LogP contribution in [0.4, 0.5) is 5.13 Å². The van der Waals surface area contributed by atoms with Gasteiger partial charge in [-0.1, -0.05) is 42.5 Å². The van der Waals surface area contributed by atoms with E-state index < -0.39 is 10.0 Å². The number of carbonyl (C=O) groups excluding carboxylic acids is 1. The summed E-state index contributed by atoms with van der Waals surface area (Å²) in [5, 5.41) is 16.7. The Bertz CT molecular complexity index is 1460. The van der Waals surface area contributed by atoms with Crippen molar-refractivity contribution in [3.63, 3.8) is 0 Å². The van der Waals surface area contributed by atoms with Crippen LogP contribution in [0.5, 0.6) is 0 Å². The van der Waals surface area contributed by atoms with Crippen molar-refractivity contribution in [1.82, 2.24) is 20.0 Å². The van der Waals surface area contributed by atoms with Crippen molar-refractivity contribution in [2.24, 2.45) is 5.14 Å². The maximum absolute atomic E-state index is 12.9. The summed E-state index contributed by atoms with van der Waals surface area (Å²) in [5.74, 6) is -0.379. The summed E-state index contributed by atoms with van der Waals surface area (Å²) in [6.07, 6.45) is 1.39. The van der Waals surface area contributed by atoms with Crippen molar-refractivity contribution in [2.75, 3.05) is 5.32 Å². The van der Waals surface area contributed by atoms with E-state index in [2.05, 4.69) is 27.5 Å². The third-order valence-corrected chi connectivity index (χ3v) is 7.44. The average molecular weight is 497 g/mol. The van der Waals surface area contributed by atoms with Crippen molar-refractivity contribution >= 4 is 32.4 Å². The molecule has 11 heteroatoms. The lowest BCUT2D eigenvalue weighted by atomic mass is 10.1. The number of aryl methyl sites for hydroxylation is 2. The molecule has 2 heterocycles. The van der Waals surface area contributed by atoms with Crippen LogP contribution in [-0.2, 0) is 22.9 Å². The number of amides is 1. The van der Waals surface area contributed by atoms with Crippen molar-refractivity contribution in [3.05, 3.63) is 81.6 Å². The lowest BCUT2D eigenvalue weighted by molar-refractivity contribution is 0.102. The fourth-order valence-electron chi connectivity index (χ4n) is 3.57. The quantitative estimate of drug-likeness (QED) is 0.403. The van der Waals surface area contributed by atoms with E-state index in [-0.39, 0.29) is 16.5 Å². The number of primary sulfonamides is 1. The summed E-state index contributed by atoms with van der Waals surface area (Å²) in [6, 6.07) is 14.3. The second-order valence-corrected chi connectivity index (χ2v) is 10.4. The van der Waals surface area contributed by atoms with Crippen molar-refractivity contribution < 1.29 is 13.2 Å². The van der Waals surface area contributed by atoms with Gasteiger partial charge in [-0.2, -0.15) is 0 Å². The fourth-order valence-corrected chi connectivity index (χ4v) is 5.08. The minimum absolute atomic E-state index is 0.0650. The van der Waals surface area contributed by atoms with Crippen molar-refractivity contribution in [3.8, 4) is 5.69 Å². The van der Waals surface area contributed by atoms with Gasteiger partial charge in [0.25, 0.3) is 5.91 Å². The number of sulfonamides is 1. The zero-order valence-electron chi connectivity index (χ0n) is 18.9. The second-order valence-electron chi connectivity index (χ2n) is 7.76. The molecule has 4 aromatic rings. The average Bonchev–Trinajstić information content (AvgIpc) is 3.35. The lowest BCUT2D eigenvalue weighted by Crippen LogP contribution is -2.14. The summed E-state index contributed by atoms with van der Waals surface area (Å²) < 4.78 is 24.6. The van der Waals surface area contributed by atoms with E-state index in [1.54, 1.807) is 16.8 Å². The molecule has 0 bridgehead atoms. The summed E-state index contributed by atoms with van der Waals surface area (Å²) in [5.41, 5.74) is 4.58. The monoisotopic (exact) mass is 496 g/mol. The molecule has 4 rings (SSSR count). The number of para-hydroxylation sites is 1. The molecule has 0 saturated heterocycles. The molecule has 0 saturated carbocycles. The Kier molecular flexibility index (Phi) is 6.60. The van der Waals surface area contributed by atoms with Crippen LogP contribution in [0.25, 0.3) is 5.69 Å². The molecule has 0 fully saturated rings. The van der Waals surface area contributed by atoms with Gasteiger partial charge < -0.3 is 0 Å². The molecule has 34 heavy (non-hydrogen) atoms. The van der Waals surface area contributed by atoms with Gasteiger partial charge in [-0.15, -0.1) is 16.4 Å². The molecular weight excluding hydrogens is 472 g/mol. The molecule has 1 amide bonds. The number of thiazole rings is 1. The SMILES string of the molecule is CCc1ccccc1-n1nnc(C(=O)Nc2nc(C)c(Cc3ccc(S(N)(=O)=O)cc3)s2)c1C. The van der Waals surface area contributed by atoms with Gasteiger partial charge in [0.15, 0.2) is 10.8 Å². The van der Waals surface area contributed by atoms with Crippen LogP contribution in [0.1, 0.15) is 44.8 Å². The Hall–Kier alpha value is -3.41. The highest BCUT2D eigenvalue weighted by Gasteiger charge is 2.20. The number of nitrogens with zero attached hydrogens (tertiary/aromatic N) is 4. The summed E-state index contributed by atoms with van der Waals surface area (Å²) >= 11 is 1.36. The summed E-state index contributed by atoms with van der Waals surface area (Å²) in [6.45, 7) is 5.74. The molecule has 0 spiro atoms. The van der Waals surface area contributed by atoms with E-state index in [0.29, 0.717) is 17.2 Å². The minimum Gasteiger partial charge on any atom is -0.296 e. The van der Waals surface area contributed by atoms with Gasteiger partial charge in [-0.25, -0.2) is 23.2 Å². The smallest absolute Gasteiger partial charge is 0.279 e. The molecule has 176 valence electrons. The molecule has 0 radical (unpaired) electrons. The molecular formula is C23H24N6O3S2. The predicted molar refractivity (Wildman–Crippen MR) is 131 cm³/mol. The zero-order valence-corrected chi connectivity index (χ0v) is 20.6. The first-order valence-corrected chi connectivity index (χ1v) is 12.9. The highest BCUT2D eigenvalue weighted by atomic mass is 32.2. The topological polar surface area (TPSA) is 133 Å². The fraction of sp³-hybridized carbons (Fsp3) is 0.217. The number of carbonyl (C=O) groups is 1. The van der Waals surface area contributed by atoms with Crippen LogP contribution in [0.15, 0.2) is 53.4 Å².